The van der Waals surface area contributed by atoms with Crippen molar-refractivity contribution < 1.29 is 4.79 Å². The summed E-state index contributed by atoms with van der Waals surface area (Å²) in [5.74, 6) is 0.244. The maximum Gasteiger partial charge on any atom is 0.234 e. The van der Waals surface area contributed by atoms with Crippen molar-refractivity contribution in [2.24, 2.45) is 0 Å². The number of nitrogens with two attached hydrogens (primary N) is 1. The molecule has 2 rings (SSSR count). The number of carbonyl (C=O) groups excluding carboxylic acids is 1. The largest absolute Gasteiger partial charge is 0.399 e. The number of thioether (sulfide) groups is 1. The van der Waals surface area contributed by atoms with Gasteiger partial charge in [-0.2, -0.15) is 0 Å². The monoisotopic (exact) mass is 248 g/mol. The molecule has 4 N–H and O–H groups in total. The molecule has 2 aromatic rings. The van der Waals surface area contributed by atoms with E-state index in [0.717, 1.165) is 10.8 Å². The quantitative estimate of drug-likeness (QED) is 0.568. The van der Waals surface area contributed by atoms with Crippen LogP contribution in [-0.4, -0.2) is 21.6 Å². The lowest BCUT2D eigenvalue weighted by atomic mass is 10.3. The Morgan fingerprint density at radius 1 is 1.41 bits per heavy atom. The molecule has 0 fully saturated rings. The molecule has 0 spiro atoms. The number of nitrogens with one attached hydrogen (secondary N) is 2. The van der Waals surface area contributed by atoms with Crippen LogP contribution in [0.4, 0.5) is 11.4 Å². The van der Waals surface area contributed by atoms with Gasteiger partial charge in [-0.25, -0.2) is 4.98 Å². The lowest BCUT2D eigenvalue weighted by Gasteiger charge is -2.04. The van der Waals surface area contributed by atoms with Crippen molar-refractivity contribution in [3.05, 3.63) is 36.7 Å². The highest BCUT2D eigenvalue weighted by Crippen LogP contribution is 2.14. The molecule has 1 aromatic carbocycles. The zero-order valence-corrected chi connectivity index (χ0v) is 9.83. The second kappa shape index (κ2) is 5.40. The van der Waals surface area contributed by atoms with Gasteiger partial charge in [0.15, 0.2) is 5.16 Å². The van der Waals surface area contributed by atoms with Crippen LogP contribution in [0, 0.1) is 0 Å². The SMILES string of the molecule is Nc1ccc(NC(=O)CSc2ncc[nH]2)cc1. The highest BCUT2D eigenvalue weighted by atomic mass is 32.2. The summed E-state index contributed by atoms with van der Waals surface area (Å²) in [5, 5.41) is 3.51. The average Bonchev–Trinajstić information content (AvgIpc) is 2.83. The fourth-order valence-corrected chi connectivity index (χ4v) is 1.85. The molecule has 17 heavy (non-hydrogen) atoms. The maximum atomic E-state index is 11.6. The summed E-state index contributed by atoms with van der Waals surface area (Å²) < 4.78 is 0. The molecule has 1 heterocycles. The number of nitrogen functional groups attached to an aromatic ring is 1. The Morgan fingerprint density at radius 2 is 2.18 bits per heavy atom. The van der Waals surface area contributed by atoms with E-state index in [2.05, 4.69) is 15.3 Å². The number of amides is 1. The topological polar surface area (TPSA) is 83.8 Å². The number of imidazole rings is 1. The molecule has 0 aliphatic heterocycles. The van der Waals surface area contributed by atoms with Gasteiger partial charge in [-0.05, 0) is 24.3 Å². The van der Waals surface area contributed by atoms with Gasteiger partial charge in [0, 0.05) is 23.8 Å². The van der Waals surface area contributed by atoms with E-state index in [1.165, 1.54) is 11.8 Å². The van der Waals surface area contributed by atoms with Gasteiger partial charge in [0.1, 0.15) is 0 Å². The second-order valence-corrected chi connectivity index (χ2v) is 4.32. The number of nitrogens with zero attached hydrogens (tertiary/aromatic N) is 1. The van der Waals surface area contributed by atoms with Gasteiger partial charge < -0.3 is 16.0 Å². The standard InChI is InChI=1S/C11H12N4OS/c12-8-1-3-9(4-2-8)15-10(16)7-17-11-13-5-6-14-11/h1-6H,7,12H2,(H,13,14)(H,15,16). The van der Waals surface area contributed by atoms with Gasteiger partial charge >= 0.3 is 0 Å². The van der Waals surface area contributed by atoms with Crippen molar-refractivity contribution in [1.29, 1.82) is 0 Å². The number of hydrogen-bond donors (Lipinski definition) is 3. The van der Waals surface area contributed by atoms with Crippen molar-refractivity contribution in [1.82, 2.24) is 9.97 Å². The Balaban J connectivity index is 1.83. The maximum absolute atomic E-state index is 11.6. The van der Waals surface area contributed by atoms with E-state index in [4.69, 9.17) is 5.73 Å². The Hall–Kier alpha value is -1.95. The Morgan fingerprint density at radius 3 is 2.82 bits per heavy atom. The molecule has 0 unspecified atom stereocenters. The smallest absolute Gasteiger partial charge is 0.234 e. The fourth-order valence-electron chi connectivity index (χ4n) is 1.23. The number of anilines is 2. The predicted octanol–water partition coefficient (Wildman–Crippen LogP) is 1.72. The minimum Gasteiger partial charge on any atom is -0.399 e. The first-order valence-electron chi connectivity index (χ1n) is 5.01. The number of aromatic nitrogens is 2. The number of rotatable bonds is 4. The lowest BCUT2D eigenvalue weighted by molar-refractivity contribution is -0.113. The summed E-state index contributed by atoms with van der Waals surface area (Å²) in [6.45, 7) is 0. The summed E-state index contributed by atoms with van der Waals surface area (Å²) in [6.07, 6.45) is 3.38. The fraction of sp³-hybridized carbons (Fsp3) is 0.0909. The molecule has 0 atom stereocenters. The third-order valence-corrected chi connectivity index (χ3v) is 2.91. The molecule has 0 aliphatic carbocycles. The van der Waals surface area contributed by atoms with E-state index < -0.39 is 0 Å². The van der Waals surface area contributed by atoms with Crippen LogP contribution in [0.1, 0.15) is 0 Å². The van der Waals surface area contributed by atoms with Gasteiger partial charge in [0.2, 0.25) is 5.91 Å². The molecular formula is C11H12N4OS. The highest BCUT2D eigenvalue weighted by molar-refractivity contribution is 7.99. The third-order valence-electron chi connectivity index (χ3n) is 2.01. The van der Waals surface area contributed by atoms with Crippen LogP contribution in [0.5, 0.6) is 0 Å². The van der Waals surface area contributed by atoms with Crippen molar-refractivity contribution in [2.75, 3.05) is 16.8 Å². The lowest BCUT2D eigenvalue weighted by Crippen LogP contribution is -2.14. The highest BCUT2D eigenvalue weighted by Gasteiger charge is 2.04. The average molecular weight is 248 g/mol. The first-order valence-corrected chi connectivity index (χ1v) is 6.00. The molecule has 0 saturated heterocycles. The predicted molar refractivity (Wildman–Crippen MR) is 68.8 cm³/mol. The van der Waals surface area contributed by atoms with E-state index >= 15 is 0 Å². The van der Waals surface area contributed by atoms with Gasteiger partial charge in [-0.1, -0.05) is 11.8 Å². The van der Waals surface area contributed by atoms with Crippen molar-refractivity contribution in [2.45, 2.75) is 5.16 Å². The van der Waals surface area contributed by atoms with Gasteiger partial charge in [0.05, 0.1) is 5.75 Å². The van der Waals surface area contributed by atoms with Crippen LogP contribution in [0.15, 0.2) is 41.8 Å². The molecule has 1 amide bonds. The summed E-state index contributed by atoms with van der Waals surface area (Å²) in [5.41, 5.74) is 6.97. The van der Waals surface area contributed by atoms with Crippen molar-refractivity contribution in [3.63, 3.8) is 0 Å². The van der Waals surface area contributed by atoms with E-state index in [1.54, 1.807) is 36.7 Å². The zero-order chi connectivity index (χ0) is 12.1. The molecular weight excluding hydrogens is 236 g/mol. The Labute approximate surface area is 103 Å². The van der Waals surface area contributed by atoms with Crippen LogP contribution in [0.25, 0.3) is 0 Å². The van der Waals surface area contributed by atoms with Crippen LogP contribution in [0.2, 0.25) is 0 Å². The molecule has 0 aliphatic rings. The van der Waals surface area contributed by atoms with E-state index in [-0.39, 0.29) is 5.91 Å². The summed E-state index contributed by atoms with van der Waals surface area (Å²) in [4.78, 5) is 18.5. The number of hydrogen-bond acceptors (Lipinski definition) is 4. The molecule has 1 aromatic heterocycles. The summed E-state index contributed by atoms with van der Waals surface area (Å²) in [7, 11) is 0. The van der Waals surface area contributed by atoms with Crippen LogP contribution in [-0.2, 0) is 4.79 Å². The third kappa shape index (κ3) is 3.53. The molecule has 88 valence electrons. The van der Waals surface area contributed by atoms with E-state index in [1.807, 2.05) is 0 Å². The minimum atomic E-state index is -0.0730. The van der Waals surface area contributed by atoms with Crippen LogP contribution in [0.3, 0.4) is 0 Å². The summed E-state index contributed by atoms with van der Waals surface area (Å²) >= 11 is 1.35. The molecule has 0 radical (unpaired) electrons. The Bertz CT molecular complexity index is 481. The van der Waals surface area contributed by atoms with Gasteiger partial charge in [0.25, 0.3) is 0 Å². The van der Waals surface area contributed by atoms with E-state index in [0.29, 0.717) is 11.4 Å². The second-order valence-electron chi connectivity index (χ2n) is 3.35. The number of carbonyl (C=O) groups is 1. The first kappa shape index (κ1) is 11.5. The summed E-state index contributed by atoms with van der Waals surface area (Å²) in [6, 6.07) is 7.03. The molecule has 5 nitrogen and oxygen atoms in total. The minimum absolute atomic E-state index is 0.0730. The van der Waals surface area contributed by atoms with Crippen molar-refractivity contribution >= 4 is 29.0 Å². The zero-order valence-electron chi connectivity index (χ0n) is 9.01. The number of H-pyrrole nitrogens is 1. The van der Waals surface area contributed by atoms with E-state index in [9.17, 15) is 4.79 Å². The molecule has 6 heteroatoms. The van der Waals surface area contributed by atoms with Gasteiger partial charge in [-0.15, -0.1) is 0 Å². The van der Waals surface area contributed by atoms with Crippen LogP contribution >= 0.6 is 11.8 Å². The van der Waals surface area contributed by atoms with Crippen molar-refractivity contribution in [3.8, 4) is 0 Å². The molecule has 0 saturated carbocycles. The van der Waals surface area contributed by atoms with Crippen LogP contribution < -0.4 is 11.1 Å². The molecule has 0 bridgehead atoms. The first-order chi connectivity index (χ1) is 8.24. The number of aromatic amines is 1. The van der Waals surface area contributed by atoms with Gasteiger partial charge in [-0.3, -0.25) is 4.79 Å². The normalized spacial score (nSPS) is 10.1. The number of benzene rings is 1. The Kier molecular flexibility index (Phi) is 3.66.